The molecule has 0 saturated carbocycles. The van der Waals surface area contributed by atoms with Crippen molar-refractivity contribution in [3.63, 3.8) is 0 Å². The van der Waals surface area contributed by atoms with Gasteiger partial charge in [-0.1, -0.05) is 6.07 Å². The third-order valence-corrected chi connectivity index (χ3v) is 2.99. The number of halogens is 3. The fourth-order valence-corrected chi connectivity index (χ4v) is 2.03. The van der Waals surface area contributed by atoms with Crippen LogP contribution in [0, 0.1) is 11.6 Å². The highest BCUT2D eigenvalue weighted by Crippen LogP contribution is 2.23. The lowest BCUT2D eigenvalue weighted by atomic mass is 9.99. The molecule has 1 aliphatic rings. The minimum atomic E-state index is -0.876. The second-order valence-electron chi connectivity index (χ2n) is 3.70. The average molecular weight is 246 g/mol. The van der Waals surface area contributed by atoms with E-state index in [1.807, 2.05) is 0 Å². The minimum absolute atomic E-state index is 0.102. The van der Waals surface area contributed by atoms with Crippen LogP contribution in [0.3, 0.4) is 0 Å². The Balaban J connectivity index is 2.32. The Kier molecular flexibility index (Phi) is 3.10. The number of carbonyl (C=O) groups is 1. The van der Waals surface area contributed by atoms with Crippen LogP contribution < -0.4 is 0 Å². The summed E-state index contributed by atoms with van der Waals surface area (Å²) in [5, 5.41) is 0. The standard InChI is InChI=1S/C11H10ClF2NO/c12-5-10(16)15-4-3-7-1-2-9(13)11(14)8(7)6-15/h1-2H,3-6H2. The maximum Gasteiger partial charge on any atom is 0.237 e. The molecule has 5 heteroatoms. The fraction of sp³-hybridized carbons (Fsp3) is 0.364. The van der Waals surface area contributed by atoms with Gasteiger partial charge in [0, 0.05) is 18.7 Å². The van der Waals surface area contributed by atoms with Crippen molar-refractivity contribution >= 4 is 17.5 Å². The number of alkyl halides is 1. The number of amides is 1. The lowest BCUT2D eigenvalue weighted by molar-refractivity contribution is -0.129. The summed E-state index contributed by atoms with van der Waals surface area (Å²) in [5.41, 5.74) is 1.03. The summed E-state index contributed by atoms with van der Waals surface area (Å²) in [6.07, 6.45) is 0.537. The van der Waals surface area contributed by atoms with Crippen molar-refractivity contribution in [2.45, 2.75) is 13.0 Å². The van der Waals surface area contributed by atoms with Crippen molar-refractivity contribution in [1.82, 2.24) is 4.90 Å². The number of hydrogen-bond acceptors (Lipinski definition) is 1. The van der Waals surface area contributed by atoms with E-state index in [2.05, 4.69) is 0 Å². The van der Waals surface area contributed by atoms with Crippen LogP contribution in [0.4, 0.5) is 8.78 Å². The molecule has 2 nitrogen and oxygen atoms in total. The summed E-state index contributed by atoms with van der Waals surface area (Å²) >= 11 is 5.42. The van der Waals surface area contributed by atoms with E-state index in [1.54, 1.807) is 6.07 Å². The minimum Gasteiger partial charge on any atom is -0.337 e. The van der Waals surface area contributed by atoms with E-state index >= 15 is 0 Å². The third kappa shape index (κ3) is 1.89. The van der Waals surface area contributed by atoms with Crippen LogP contribution in [0.5, 0.6) is 0 Å². The molecule has 86 valence electrons. The first kappa shape index (κ1) is 11.3. The van der Waals surface area contributed by atoms with Crippen molar-refractivity contribution in [3.8, 4) is 0 Å². The van der Waals surface area contributed by atoms with Crippen molar-refractivity contribution in [2.75, 3.05) is 12.4 Å². The molecule has 0 fully saturated rings. The summed E-state index contributed by atoms with van der Waals surface area (Å²) in [4.78, 5) is 12.8. The number of carbonyl (C=O) groups excluding carboxylic acids is 1. The Hall–Kier alpha value is -1.16. The molecule has 1 heterocycles. The highest BCUT2D eigenvalue weighted by molar-refractivity contribution is 6.27. The molecule has 0 aromatic heterocycles. The van der Waals surface area contributed by atoms with Gasteiger partial charge in [-0.25, -0.2) is 8.78 Å². The molecule has 0 bridgehead atoms. The molecule has 0 atom stereocenters. The number of nitrogens with zero attached hydrogens (tertiary/aromatic N) is 1. The molecule has 0 radical (unpaired) electrons. The van der Waals surface area contributed by atoms with E-state index in [1.165, 1.54) is 4.90 Å². The van der Waals surface area contributed by atoms with Crippen LogP contribution in [-0.4, -0.2) is 23.2 Å². The van der Waals surface area contributed by atoms with Gasteiger partial charge in [-0.2, -0.15) is 0 Å². The molecule has 1 aromatic rings. The summed E-state index contributed by atoms with van der Waals surface area (Å²) in [5.74, 6) is -2.12. The molecule has 0 aliphatic carbocycles. The first-order valence-corrected chi connectivity index (χ1v) is 5.46. The van der Waals surface area contributed by atoms with Gasteiger partial charge in [0.05, 0.1) is 0 Å². The quantitative estimate of drug-likeness (QED) is 0.694. The molecule has 1 aliphatic heterocycles. The maximum atomic E-state index is 13.5. The molecule has 2 rings (SSSR count). The Morgan fingerprint density at radius 3 is 2.88 bits per heavy atom. The zero-order valence-electron chi connectivity index (χ0n) is 8.47. The lowest BCUT2D eigenvalue weighted by Gasteiger charge is -2.28. The smallest absolute Gasteiger partial charge is 0.237 e. The number of benzene rings is 1. The molecule has 0 spiro atoms. The van der Waals surface area contributed by atoms with Crippen molar-refractivity contribution in [2.24, 2.45) is 0 Å². The second kappa shape index (κ2) is 4.37. The van der Waals surface area contributed by atoms with Crippen LogP contribution in [0.15, 0.2) is 12.1 Å². The first-order valence-electron chi connectivity index (χ1n) is 4.93. The fourth-order valence-electron chi connectivity index (χ4n) is 1.86. The Morgan fingerprint density at radius 2 is 2.19 bits per heavy atom. The SMILES string of the molecule is O=C(CCl)N1CCc2ccc(F)c(F)c2C1. The van der Waals surface area contributed by atoms with Crippen LogP contribution in [0.2, 0.25) is 0 Å². The van der Waals surface area contributed by atoms with Crippen LogP contribution >= 0.6 is 11.6 Å². The third-order valence-electron chi connectivity index (χ3n) is 2.76. The Labute approximate surface area is 96.8 Å². The van der Waals surface area contributed by atoms with Crippen LogP contribution in [0.1, 0.15) is 11.1 Å². The van der Waals surface area contributed by atoms with Crippen molar-refractivity contribution in [3.05, 3.63) is 34.9 Å². The highest BCUT2D eigenvalue weighted by atomic mass is 35.5. The predicted molar refractivity (Wildman–Crippen MR) is 56.2 cm³/mol. The Morgan fingerprint density at radius 1 is 1.44 bits per heavy atom. The lowest BCUT2D eigenvalue weighted by Crippen LogP contribution is -2.37. The van der Waals surface area contributed by atoms with Crippen molar-refractivity contribution < 1.29 is 13.6 Å². The normalized spacial score (nSPS) is 14.8. The molecular formula is C11H10ClF2NO. The Bertz CT molecular complexity index is 436. The summed E-state index contributed by atoms with van der Waals surface area (Å²) in [6, 6.07) is 2.68. The van der Waals surface area contributed by atoms with Gasteiger partial charge in [-0.3, -0.25) is 4.79 Å². The molecule has 0 saturated heterocycles. The second-order valence-corrected chi connectivity index (χ2v) is 3.97. The topological polar surface area (TPSA) is 20.3 Å². The van der Waals surface area contributed by atoms with E-state index in [0.29, 0.717) is 13.0 Å². The number of rotatable bonds is 1. The van der Waals surface area contributed by atoms with Gasteiger partial charge >= 0.3 is 0 Å². The van der Waals surface area contributed by atoms with Crippen LogP contribution in [-0.2, 0) is 17.8 Å². The van der Waals surface area contributed by atoms with Gasteiger partial charge in [0.25, 0.3) is 0 Å². The number of hydrogen-bond donors (Lipinski definition) is 0. The van der Waals surface area contributed by atoms with Gasteiger partial charge in [0.2, 0.25) is 5.91 Å². The molecule has 16 heavy (non-hydrogen) atoms. The summed E-state index contributed by atoms with van der Waals surface area (Å²) < 4.78 is 26.5. The summed E-state index contributed by atoms with van der Waals surface area (Å²) in [6.45, 7) is 0.605. The zero-order valence-corrected chi connectivity index (χ0v) is 9.23. The van der Waals surface area contributed by atoms with Gasteiger partial charge in [0.15, 0.2) is 11.6 Å². The molecule has 1 amide bonds. The van der Waals surface area contributed by atoms with E-state index in [9.17, 15) is 13.6 Å². The van der Waals surface area contributed by atoms with E-state index in [4.69, 9.17) is 11.6 Å². The average Bonchev–Trinajstić information content (AvgIpc) is 2.32. The molecule has 0 N–H and O–H groups in total. The first-order chi connectivity index (χ1) is 7.63. The summed E-state index contributed by atoms with van der Waals surface area (Å²) in [7, 11) is 0. The maximum absolute atomic E-state index is 13.5. The molecule has 0 unspecified atom stereocenters. The van der Waals surface area contributed by atoms with Gasteiger partial charge < -0.3 is 4.90 Å². The predicted octanol–water partition coefficient (Wildman–Crippen LogP) is 2.09. The van der Waals surface area contributed by atoms with E-state index in [0.717, 1.165) is 11.6 Å². The van der Waals surface area contributed by atoms with Gasteiger partial charge in [0.1, 0.15) is 5.88 Å². The molecular weight excluding hydrogens is 236 g/mol. The van der Waals surface area contributed by atoms with Crippen LogP contribution in [0.25, 0.3) is 0 Å². The monoisotopic (exact) mass is 245 g/mol. The van der Waals surface area contributed by atoms with E-state index in [-0.39, 0.29) is 23.9 Å². The highest BCUT2D eigenvalue weighted by Gasteiger charge is 2.23. The van der Waals surface area contributed by atoms with Gasteiger partial charge in [-0.05, 0) is 18.1 Å². The molecule has 1 aromatic carbocycles. The number of fused-ring (bicyclic) bond motifs is 1. The van der Waals surface area contributed by atoms with Gasteiger partial charge in [-0.15, -0.1) is 11.6 Å². The van der Waals surface area contributed by atoms with E-state index < -0.39 is 11.6 Å². The zero-order chi connectivity index (χ0) is 11.7. The van der Waals surface area contributed by atoms with Crippen molar-refractivity contribution in [1.29, 1.82) is 0 Å². The largest absolute Gasteiger partial charge is 0.337 e.